The second kappa shape index (κ2) is 8.66. The standard InChI is InChI=1S/C19H26N4O5/c1-27-11-10-23-18(26)22(14-16(24)28-2)17(25)19(23)5-8-21(9-6-19)13-15-4-3-7-20-12-15/h3-4,7,12H,5-6,8-11,13-14H2,1-2H3. The molecule has 0 N–H and O–H groups in total. The van der Waals surface area contributed by atoms with Gasteiger partial charge in [0.05, 0.1) is 13.7 Å². The van der Waals surface area contributed by atoms with Crippen LogP contribution in [0.15, 0.2) is 24.5 Å². The summed E-state index contributed by atoms with van der Waals surface area (Å²) in [5, 5.41) is 0. The zero-order valence-corrected chi connectivity index (χ0v) is 16.3. The SMILES string of the molecule is COCCN1C(=O)N(CC(=O)OC)C(=O)C12CCN(Cc1cccnc1)CC2. The first-order chi connectivity index (χ1) is 13.5. The fourth-order valence-corrected chi connectivity index (χ4v) is 3.92. The maximum atomic E-state index is 13.2. The molecule has 0 radical (unpaired) electrons. The number of hydrogen-bond donors (Lipinski definition) is 0. The summed E-state index contributed by atoms with van der Waals surface area (Å²) < 4.78 is 9.77. The number of methoxy groups -OCH3 is 2. The predicted octanol–water partition coefficient (Wildman–Crippen LogP) is 0.500. The highest BCUT2D eigenvalue weighted by molar-refractivity contribution is 6.08. The summed E-state index contributed by atoms with van der Waals surface area (Å²) in [4.78, 5) is 46.7. The summed E-state index contributed by atoms with van der Waals surface area (Å²) >= 11 is 0. The highest BCUT2D eigenvalue weighted by Crippen LogP contribution is 2.37. The zero-order valence-electron chi connectivity index (χ0n) is 16.3. The molecule has 2 fully saturated rings. The Morgan fingerprint density at radius 3 is 2.61 bits per heavy atom. The molecule has 3 amide bonds. The third-order valence-electron chi connectivity index (χ3n) is 5.47. The summed E-state index contributed by atoms with van der Waals surface area (Å²) in [6.07, 6.45) is 4.59. The lowest BCUT2D eigenvalue weighted by molar-refractivity contribution is -0.146. The van der Waals surface area contributed by atoms with E-state index in [-0.39, 0.29) is 12.5 Å². The first kappa shape index (κ1) is 20.2. The molecule has 2 aliphatic heterocycles. The number of ether oxygens (including phenoxy) is 2. The molecule has 0 unspecified atom stereocenters. The number of nitrogens with zero attached hydrogens (tertiary/aromatic N) is 4. The van der Waals surface area contributed by atoms with E-state index in [4.69, 9.17) is 4.74 Å². The maximum absolute atomic E-state index is 13.2. The largest absolute Gasteiger partial charge is 0.468 e. The van der Waals surface area contributed by atoms with Gasteiger partial charge in [0.15, 0.2) is 0 Å². The number of rotatable bonds is 7. The fraction of sp³-hybridized carbons (Fsp3) is 0.579. The number of piperidine rings is 1. The van der Waals surface area contributed by atoms with Crippen LogP contribution in [-0.2, 0) is 25.6 Å². The molecule has 0 saturated carbocycles. The molecule has 2 saturated heterocycles. The molecular formula is C19H26N4O5. The maximum Gasteiger partial charge on any atom is 0.328 e. The average Bonchev–Trinajstić information content (AvgIpc) is 2.90. The molecule has 152 valence electrons. The Balaban J connectivity index is 1.74. The summed E-state index contributed by atoms with van der Waals surface area (Å²) in [7, 11) is 2.79. The van der Waals surface area contributed by atoms with E-state index in [2.05, 4.69) is 14.6 Å². The fourth-order valence-electron chi connectivity index (χ4n) is 3.92. The van der Waals surface area contributed by atoms with E-state index in [1.54, 1.807) is 18.2 Å². The minimum atomic E-state index is -0.922. The van der Waals surface area contributed by atoms with Gasteiger partial charge in [-0.2, -0.15) is 0 Å². The van der Waals surface area contributed by atoms with Crippen LogP contribution in [0, 0.1) is 0 Å². The lowest BCUT2D eigenvalue weighted by Crippen LogP contribution is -2.57. The molecule has 28 heavy (non-hydrogen) atoms. The van der Waals surface area contributed by atoms with Gasteiger partial charge in [-0.1, -0.05) is 6.07 Å². The van der Waals surface area contributed by atoms with Crippen molar-refractivity contribution in [3.8, 4) is 0 Å². The summed E-state index contributed by atoms with van der Waals surface area (Å²) in [5.74, 6) is -0.931. The molecule has 3 rings (SSSR count). The van der Waals surface area contributed by atoms with Crippen LogP contribution >= 0.6 is 0 Å². The smallest absolute Gasteiger partial charge is 0.328 e. The number of hydrogen-bond acceptors (Lipinski definition) is 7. The second-order valence-electron chi connectivity index (χ2n) is 7.06. The van der Waals surface area contributed by atoms with Crippen molar-refractivity contribution in [3.05, 3.63) is 30.1 Å². The lowest BCUT2D eigenvalue weighted by Gasteiger charge is -2.42. The molecule has 2 aliphatic rings. The first-order valence-corrected chi connectivity index (χ1v) is 9.32. The molecule has 0 atom stereocenters. The molecule has 3 heterocycles. The van der Waals surface area contributed by atoms with Gasteiger partial charge in [-0.05, 0) is 24.5 Å². The topological polar surface area (TPSA) is 92.3 Å². The van der Waals surface area contributed by atoms with E-state index in [0.29, 0.717) is 39.1 Å². The van der Waals surface area contributed by atoms with Crippen LogP contribution in [0.4, 0.5) is 4.79 Å². The van der Waals surface area contributed by atoms with Crippen LogP contribution in [0.25, 0.3) is 0 Å². The van der Waals surface area contributed by atoms with Gasteiger partial charge in [0, 0.05) is 45.7 Å². The van der Waals surface area contributed by atoms with E-state index < -0.39 is 17.5 Å². The van der Waals surface area contributed by atoms with E-state index in [1.165, 1.54) is 7.11 Å². The van der Waals surface area contributed by atoms with Gasteiger partial charge in [0.25, 0.3) is 5.91 Å². The van der Waals surface area contributed by atoms with Crippen molar-refractivity contribution in [3.63, 3.8) is 0 Å². The lowest BCUT2D eigenvalue weighted by atomic mass is 9.85. The first-order valence-electron chi connectivity index (χ1n) is 9.32. The van der Waals surface area contributed by atoms with Crippen LogP contribution in [0.3, 0.4) is 0 Å². The van der Waals surface area contributed by atoms with Gasteiger partial charge < -0.3 is 14.4 Å². The Morgan fingerprint density at radius 2 is 2.00 bits per heavy atom. The van der Waals surface area contributed by atoms with Crippen LogP contribution < -0.4 is 0 Å². The molecule has 9 nitrogen and oxygen atoms in total. The quantitative estimate of drug-likeness (QED) is 0.494. The Kier molecular flexibility index (Phi) is 6.25. The minimum absolute atomic E-state index is 0.307. The van der Waals surface area contributed by atoms with Crippen LogP contribution in [0.2, 0.25) is 0 Å². The number of imide groups is 1. The number of carbonyl (C=O) groups is 3. The summed E-state index contributed by atoms with van der Waals surface area (Å²) in [6, 6.07) is 3.47. The highest BCUT2D eigenvalue weighted by Gasteiger charge is 2.58. The van der Waals surface area contributed by atoms with Crippen molar-refractivity contribution < 1.29 is 23.9 Å². The Morgan fingerprint density at radius 1 is 1.25 bits per heavy atom. The van der Waals surface area contributed by atoms with Crippen LogP contribution in [0.1, 0.15) is 18.4 Å². The summed E-state index contributed by atoms with van der Waals surface area (Å²) in [6.45, 7) is 2.36. The third kappa shape index (κ3) is 3.85. The monoisotopic (exact) mass is 390 g/mol. The molecule has 1 spiro atoms. The zero-order chi connectivity index (χ0) is 20.1. The van der Waals surface area contributed by atoms with E-state index in [9.17, 15) is 14.4 Å². The molecule has 9 heteroatoms. The molecule has 0 aliphatic carbocycles. The normalized spacial score (nSPS) is 19.5. The van der Waals surface area contributed by atoms with Crippen LogP contribution in [-0.4, -0.2) is 90.1 Å². The van der Waals surface area contributed by atoms with Gasteiger partial charge in [-0.15, -0.1) is 0 Å². The van der Waals surface area contributed by atoms with Gasteiger partial charge in [0.1, 0.15) is 12.1 Å². The number of urea groups is 1. The van der Waals surface area contributed by atoms with Crippen molar-refractivity contribution in [1.29, 1.82) is 0 Å². The number of amides is 3. The molecule has 0 bridgehead atoms. The second-order valence-corrected chi connectivity index (χ2v) is 7.06. The number of esters is 1. The van der Waals surface area contributed by atoms with E-state index >= 15 is 0 Å². The Hall–Kier alpha value is -2.52. The van der Waals surface area contributed by atoms with E-state index in [0.717, 1.165) is 17.0 Å². The van der Waals surface area contributed by atoms with Gasteiger partial charge >= 0.3 is 12.0 Å². The van der Waals surface area contributed by atoms with Crippen molar-refractivity contribution in [1.82, 2.24) is 19.7 Å². The molecular weight excluding hydrogens is 364 g/mol. The Labute approximate surface area is 164 Å². The van der Waals surface area contributed by atoms with E-state index in [1.807, 2.05) is 18.3 Å². The number of carbonyl (C=O) groups excluding carboxylic acids is 3. The van der Waals surface area contributed by atoms with Gasteiger partial charge in [-0.3, -0.25) is 24.4 Å². The number of pyridine rings is 1. The van der Waals surface area contributed by atoms with Crippen molar-refractivity contribution in [2.75, 3.05) is 47.0 Å². The molecule has 1 aromatic heterocycles. The predicted molar refractivity (Wildman–Crippen MR) is 99.2 cm³/mol. The average molecular weight is 390 g/mol. The Bertz CT molecular complexity index is 718. The number of likely N-dealkylation sites (tertiary alicyclic amines) is 1. The van der Waals surface area contributed by atoms with Crippen molar-refractivity contribution in [2.45, 2.75) is 24.9 Å². The highest BCUT2D eigenvalue weighted by atomic mass is 16.5. The minimum Gasteiger partial charge on any atom is -0.468 e. The third-order valence-corrected chi connectivity index (χ3v) is 5.47. The van der Waals surface area contributed by atoms with Crippen LogP contribution in [0.5, 0.6) is 0 Å². The number of aromatic nitrogens is 1. The van der Waals surface area contributed by atoms with Gasteiger partial charge in [-0.25, -0.2) is 4.79 Å². The summed E-state index contributed by atoms with van der Waals surface area (Å²) in [5.41, 5.74) is 0.186. The van der Waals surface area contributed by atoms with Crippen molar-refractivity contribution >= 4 is 17.9 Å². The van der Waals surface area contributed by atoms with Gasteiger partial charge in [0.2, 0.25) is 0 Å². The molecule has 1 aromatic rings. The van der Waals surface area contributed by atoms with Crippen molar-refractivity contribution in [2.24, 2.45) is 0 Å². The molecule has 0 aromatic carbocycles.